The fourth-order valence-corrected chi connectivity index (χ4v) is 4.40. The first-order chi connectivity index (χ1) is 12.0. The Hall–Kier alpha value is -1.89. The van der Waals surface area contributed by atoms with Gasteiger partial charge in [0.1, 0.15) is 5.00 Å². The molecular formula is C18H17ClN2O2S2. The summed E-state index contributed by atoms with van der Waals surface area (Å²) >= 11 is 9.06. The van der Waals surface area contributed by atoms with E-state index < -0.39 is 0 Å². The van der Waals surface area contributed by atoms with Crippen molar-refractivity contribution in [1.82, 2.24) is 4.98 Å². The third-order valence-electron chi connectivity index (χ3n) is 3.71. The number of anilines is 2. The second-order valence-electron chi connectivity index (χ2n) is 5.38. The topological polar surface area (TPSA) is 51.2 Å². The number of aromatic nitrogens is 1. The van der Waals surface area contributed by atoms with E-state index in [1.54, 1.807) is 6.92 Å². The fourth-order valence-electron chi connectivity index (χ4n) is 2.37. The van der Waals surface area contributed by atoms with E-state index in [0.29, 0.717) is 17.2 Å². The highest BCUT2D eigenvalue weighted by Crippen LogP contribution is 2.36. The van der Waals surface area contributed by atoms with Gasteiger partial charge in [0.2, 0.25) is 0 Å². The van der Waals surface area contributed by atoms with E-state index in [0.717, 1.165) is 31.8 Å². The standard InChI is InChI=1S/C18H17ClN2O2S2/c1-4-23-17(22)15-10(2)11(3)25-16(15)21-18-20-14(9-24-18)12-6-5-7-13(19)8-12/h5-9H,4H2,1-3H3,(H,20,21). The van der Waals surface area contributed by atoms with Crippen molar-refractivity contribution in [1.29, 1.82) is 0 Å². The third kappa shape index (κ3) is 3.86. The van der Waals surface area contributed by atoms with Crippen molar-refractivity contribution in [2.45, 2.75) is 20.8 Å². The molecule has 1 N–H and O–H groups in total. The zero-order chi connectivity index (χ0) is 18.0. The number of carbonyl (C=O) groups excluding carboxylic acids is 1. The van der Waals surface area contributed by atoms with Gasteiger partial charge >= 0.3 is 5.97 Å². The van der Waals surface area contributed by atoms with Gasteiger partial charge in [-0.1, -0.05) is 23.7 Å². The molecule has 25 heavy (non-hydrogen) atoms. The number of thiazole rings is 1. The summed E-state index contributed by atoms with van der Waals surface area (Å²) in [6.45, 7) is 6.08. The van der Waals surface area contributed by atoms with Gasteiger partial charge in [-0.2, -0.15) is 0 Å². The first-order valence-corrected chi connectivity index (χ1v) is 9.82. The molecule has 0 aliphatic heterocycles. The van der Waals surface area contributed by atoms with Gasteiger partial charge in [0.25, 0.3) is 0 Å². The van der Waals surface area contributed by atoms with Crippen LogP contribution in [0.25, 0.3) is 11.3 Å². The van der Waals surface area contributed by atoms with Gasteiger partial charge in [-0.25, -0.2) is 9.78 Å². The average Bonchev–Trinajstić information content (AvgIpc) is 3.13. The first kappa shape index (κ1) is 17.9. The number of ether oxygens (including phenoxy) is 1. The van der Waals surface area contributed by atoms with Crippen LogP contribution in [0, 0.1) is 13.8 Å². The molecule has 0 saturated carbocycles. The lowest BCUT2D eigenvalue weighted by Crippen LogP contribution is -2.07. The van der Waals surface area contributed by atoms with Crippen molar-refractivity contribution in [2.24, 2.45) is 0 Å². The molecule has 130 valence electrons. The molecule has 3 aromatic rings. The smallest absolute Gasteiger partial charge is 0.341 e. The summed E-state index contributed by atoms with van der Waals surface area (Å²) in [5, 5.41) is 7.40. The Morgan fingerprint density at radius 2 is 2.16 bits per heavy atom. The van der Waals surface area contributed by atoms with Gasteiger partial charge in [-0.05, 0) is 38.5 Å². The van der Waals surface area contributed by atoms with E-state index in [2.05, 4.69) is 10.3 Å². The van der Waals surface area contributed by atoms with Crippen LogP contribution < -0.4 is 5.32 Å². The molecule has 0 unspecified atom stereocenters. The number of aryl methyl sites for hydroxylation is 1. The van der Waals surface area contributed by atoms with Crippen LogP contribution in [0.4, 0.5) is 10.1 Å². The molecule has 0 atom stereocenters. The second-order valence-corrected chi connectivity index (χ2v) is 7.90. The molecule has 0 radical (unpaired) electrons. The molecule has 3 rings (SSSR count). The number of nitrogens with one attached hydrogen (secondary N) is 1. The highest BCUT2D eigenvalue weighted by Gasteiger charge is 2.21. The number of benzene rings is 1. The molecule has 0 aliphatic carbocycles. The van der Waals surface area contributed by atoms with Gasteiger partial charge in [0.15, 0.2) is 5.13 Å². The van der Waals surface area contributed by atoms with Crippen LogP contribution in [-0.2, 0) is 4.74 Å². The molecule has 0 amide bonds. The van der Waals surface area contributed by atoms with E-state index in [4.69, 9.17) is 16.3 Å². The van der Waals surface area contributed by atoms with E-state index in [1.165, 1.54) is 22.7 Å². The molecule has 0 aliphatic rings. The van der Waals surface area contributed by atoms with Crippen LogP contribution in [0.3, 0.4) is 0 Å². The maximum absolute atomic E-state index is 12.3. The average molecular weight is 393 g/mol. The van der Waals surface area contributed by atoms with Crippen molar-refractivity contribution in [3.05, 3.63) is 50.7 Å². The summed E-state index contributed by atoms with van der Waals surface area (Å²) in [6, 6.07) is 7.58. The minimum atomic E-state index is -0.307. The second kappa shape index (κ2) is 7.56. The lowest BCUT2D eigenvalue weighted by atomic mass is 10.1. The zero-order valence-electron chi connectivity index (χ0n) is 14.1. The van der Waals surface area contributed by atoms with Gasteiger partial charge < -0.3 is 10.1 Å². The van der Waals surface area contributed by atoms with Gasteiger partial charge in [0.05, 0.1) is 17.9 Å². The van der Waals surface area contributed by atoms with Crippen molar-refractivity contribution >= 4 is 50.4 Å². The number of rotatable bonds is 5. The fraction of sp³-hybridized carbons (Fsp3) is 0.222. The first-order valence-electron chi connectivity index (χ1n) is 7.75. The Kier molecular flexibility index (Phi) is 5.42. The maximum Gasteiger partial charge on any atom is 0.341 e. The van der Waals surface area contributed by atoms with Crippen LogP contribution >= 0.6 is 34.3 Å². The number of thiophene rings is 1. The molecular weight excluding hydrogens is 376 g/mol. The van der Waals surface area contributed by atoms with Crippen LogP contribution in [0.15, 0.2) is 29.6 Å². The maximum atomic E-state index is 12.3. The Morgan fingerprint density at radius 1 is 1.36 bits per heavy atom. The molecule has 0 spiro atoms. The minimum absolute atomic E-state index is 0.307. The van der Waals surface area contributed by atoms with E-state index >= 15 is 0 Å². The summed E-state index contributed by atoms with van der Waals surface area (Å²) < 4.78 is 5.18. The molecule has 0 bridgehead atoms. The van der Waals surface area contributed by atoms with Crippen molar-refractivity contribution < 1.29 is 9.53 Å². The third-order valence-corrected chi connectivity index (χ3v) is 5.83. The van der Waals surface area contributed by atoms with E-state index in [1.807, 2.05) is 43.5 Å². The molecule has 0 fully saturated rings. The minimum Gasteiger partial charge on any atom is -0.462 e. The number of carbonyl (C=O) groups is 1. The van der Waals surface area contributed by atoms with Crippen molar-refractivity contribution in [3.63, 3.8) is 0 Å². The quantitative estimate of drug-likeness (QED) is 0.536. The van der Waals surface area contributed by atoms with E-state index in [-0.39, 0.29) is 5.97 Å². The Labute approximate surface area is 159 Å². The lowest BCUT2D eigenvalue weighted by molar-refractivity contribution is 0.0527. The van der Waals surface area contributed by atoms with Gasteiger partial charge in [-0.15, -0.1) is 22.7 Å². The van der Waals surface area contributed by atoms with Gasteiger partial charge in [-0.3, -0.25) is 0 Å². The predicted octanol–water partition coefficient (Wildman–Crippen LogP) is 6.06. The van der Waals surface area contributed by atoms with Crippen LogP contribution in [-0.4, -0.2) is 17.6 Å². The monoisotopic (exact) mass is 392 g/mol. The summed E-state index contributed by atoms with van der Waals surface area (Å²) in [5.41, 5.74) is 3.33. The Balaban J connectivity index is 1.89. The largest absolute Gasteiger partial charge is 0.462 e. The summed E-state index contributed by atoms with van der Waals surface area (Å²) in [4.78, 5) is 18.0. The lowest BCUT2D eigenvalue weighted by Gasteiger charge is -2.05. The number of hydrogen-bond acceptors (Lipinski definition) is 6. The van der Waals surface area contributed by atoms with Gasteiger partial charge in [0, 0.05) is 20.8 Å². The molecule has 7 heteroatoms. The molecule has 1 aromatic carbocycles. The van der Waals surface area contributed by atoms with E-state index in [9.17, 15) is 4.79 Å². The number of halogens is 1. The van der Waals surface area contributed by atoms with Crippen LogP contribution in [0.5, 0.6) is 0 Å². The highest BCUT2D eigenvalue weighted by molar-refractivity contribution is 7.18. The molecule has 2 heterocycles. The van der Waals surface area contributed by atoms with Crippen LogP contribution in [0.1, 0.15) is 27.7 Å². The highest BCUT2D eigenvalue weighted by atomic mass is 35.5. The zero-order valence-corrected chi connectivity index (χ0v) is 16.4. The molecule has 4 nitrogen and oxygen atoms in total. The van der Waals surface area contributed by atoms with Crippen molar-refractivity contribution in [2.75, 3.05) is 11.9 Å². The SMILES string of the molecule is CCOC(=O)c1c(Nc2nc(-c3cccc(Cl)c3)cs2)sc(C)c1C. The Morgan fingerprint density at radius 3 is 2.88 bits per heavy atom. The predicted molar refractivity (Wildman–Crippen MR) is 106 cm³/mol. The molecule has 0 saturated heterocycles. The summed E-state index contributed by atoms with van der Waals surface area (Å²) in [6.07, 6.45) is 0. The normalized spacial score (nSPS) is 10.7. The summed E-state index contributed by atoms with van der Waals surface area (Å²) in [5.74, 6) is -0.307. The Bertz CT molecular complexity index is 918. The van der Waals surface area contributed by atoms with Crippen molar-refractivity contribution in [3.8, 4) is 11.3 Å². The number of esters is 1. The summed E-state index contributed by atoms with van der Waals surface area (Å²) in [7, 11) is 0. The number of nitrogens with zero attached hydrogens (tertiary/aromatic N) is 1. The van der Waals surface area contributed by atoms with Crippen LogP contribution in [0.2, 0.25) is 5.02 Å². The number of hydrogen-bond donors (Lipinski definition) is 1. The molecule has 2 aromatic heterocycles.